The number of aliphatic carboxylic acids is 1. The molecule has 0 aromatic rings. The summed E-state index contributed by atoms with van der Waals surface area (Å²) in [6.07, 6.45) is 14.6. The standard InChI is InChI=1S/C16H33N2O2/c17-13-15-18-14-11-9-7-5-3-1-2-4-6-8-10-12-16(19)20/h7,18H,1-6,8-15,17H2,(H,19,20). The highest BCUT2D eigenvalue weighted by Gasteiger charge is 1.97. The number of carboxylic acids is 1. The highest BCUT2D eigenvalue weighted by molar-refractivity contribution is 5.66. The van der Waals surface area contributed by atoms with Crippen LogP contribution >= 0.6 is 0 Å². The Labute approximate surface area is 124 Å². The van der Waals surface area contributed by atoms with Crippen molar-refractivity contribution in [3.8, 4) is 0 Å². The molecule has 0 aromatic heterocycles. The first-order valence-corrected chi connectivity index (χ1v) is 8.21. The summed E-state index contributed by atoms with van der Waals surface area (Å²) in [7, 11) is 0. The van der Waals surface area contributed by atoms with Crippen molar-refractivity contribution >= 4 is 5.97 Å². The number of nitrogens with one attached hydrogen (secondary N) is 1. The molecule has 0 heterocycles. The minimum absolute atomic E-state index is 0.328. The average molecular weight is 285 g/mol. The van der Waals surface area contributed by atoms with Crippen LogP contribution in [0.15, 0.2) is 0 Å². The Balaban J connectivity index is 2.94. The first-order chi connectivity index (χ1) is 9.77. The van der Waals surface area contributed by atoms with Gasteiger partial charge in [-0.05, 0) is 32.2 Å². The lowest BCUT2D eigenvalue weighted by atomic mass is 10.1. The number of rotatable bonds is 16. The van der Waals surface area contributed by atoms with Crippen molar-refractivity contribution in [1.29, 1.82) is 0 Å². The molecular weight excluding hydrogens is 252 g/mol. The first kappa shape index (κ1) is 19.4. The molecule has 0 amide bonds. The summed E-state index contributed by atoms with van der Waals surface area (Å²) in [5.41, 5.74) is 5.39. The summed E-state index contributed by atoms with van der Waals surface area (Å²) in [6, 6.07) is 0. The second-order valence-corrected chi connectivity index (χ2v) is 5.38. The second kappa shape index (κ2) is 16.4. The molecule has 0 aromatic carbocycles. The third-order valence-electron chi connectivity index (χ3n) is 3.38. The molecule has 4 nitrogen and oxygen atoms in total. The molecule has 4 heteroatoms. The van der Waals surface area contributed by atoms with Crippen molar-refractivity contribution in [1.82, 2.24) is 5.32 Å². The normalized spacial score (nSPS) is 10.8. The number of unbranched alkanes of at least 4 members (excludes halogenated alkanes) is 10. The van der Waals surface area contributed by atoms with E-state index in [9.17, 15) is 4.79 Å². The van der Waals surface area contributed by atoms with Crippen LogP contribution < -0.4 is 11.1 Å². The van der Waals surface area contributed by atoms with Gasteiger partial charge in [-0.3, -0.25) is 4.79 Å². The average Bonchev–Trinajstić information content (AvgIpc) is 2.43. The van der Waals surface area contributed by atoms with Crippen molar-refractivity contribution in [3.63, 3.8) is 0 Å². The van der Waals surface area contributed by atoms with E-state index in [0.717, 1.165) is 32.5 Å². The highest BCUT2D eigenvalue weighted by Crippen LogP contribution is 2.11. The predicted octanol–water partition coefficient (Wildman–Crippen LogP) is 3.11. The van der Waals surface area contributed by atoms with Crippen LogP contribution in [-0.4, -0.2) is 30.7 Å². The van der Waals surface area contributed by atoms with E-state index in [1.54, 1.807) is 0 Å². The zero-order valence-electron chi connectivity index (χ0n) is 12.9. The minimum atomic E-state index is -0.668. The monoisotopic (exact) mass is 285 g/mol. The maximum absolute atomic E-state index is 10.3. The van der Waals surface area contributed by atoms with E-state index >= 15 is 0 Å². The lowest BCUT2D eigenvalue weighted by molar-refractivity contribution is -0.137. The summed E-state index contributed by atoms with van der Waals surface area (Å²) in [4.78, 5) is 10.3. The second-order valence-electron chi connectivity index (χ2n) is 5.38. The molecule has 1 radical (unpaired) electrons. The van der Waals surface area contributed by atoms with Crippen molar-refractivity contribution in [2.45, 2.75) is 70.6 Å². The quantitative estimate of drug-likeness (QED) is 0.381. The topological polar surface area (TPSA) is 75.3 Å². The summed E-state index contributed by atoms with van der Waals surface area (Å²) >= 11 is 0. The summed E-state index contributed by atoms with van der Waals surface area (Å²) in [5, 5.41) is 11.8. The molecule has 0 aliphatic carbocycles. The number of hydrogen-bond acceptors (Lipinski definition) is 3. The fraction of sp³-hybridized carbons (Fsp3) is 0.875. The molecule has 119 valence electrons. The van der Waals surface area contributed by atoms with E-state index in [4.69, 9.17) is 10.8 Å². The van der Waals surface area contributed by atoms with Gasteiger partial charge in [-0.2, -0.15) is 0 Å². The maximum Gasteiger partial charge on any atom is 0.303 e. The number of nitrogens with two attached hydrogens (primary N) is 1. The van der Waals surface area contributed by atoms with E-state index in [1.807, 2.05) is 0 Å². The van der Waals surface area contributed by atoms with Gasteiger partial charge in [0.15, 0.2) is 0 Å². The third-order valence-corrected chi connectivity index (χ3v) is 3.38. The summed E-state index contributed by atoms with van der Waals surface area (Å²) < 4.78 is 0. The van der Waals surface area contributed by atoms with E-state index < -0.39 is 5.97 Å². The lowest BCUT2D eigenvalue weighted by Crippen LogP contribution is -2.23. The van der Waals surface area contributed by atoms with E-state index in [1.165, 1.54) is 51.4 Å². The Morgan fingerprint density at radius 3 is 2.15 bits per heavy atom. The van der Waals surface area contributed by atoms with Crippen LogP contribution in [0.25, 0.3) is 0 Å². The number of carboxylic acid groups (broad SMARTS) is 1. The van der Waals surface area contributed by atoms with Crippen molar-refractivity contribution in [2.24, 2.45) is 5.73 Å². The third kappa shape index (κ3) is 17.4. The Kier molecular flexibility index (Phi) is 15.9. The van der Waals surface area contributed by atoms with Crippen LogP contribution in [0.3, 0.4) is 0 Å². The van der Waals surface area contributed by atoms with Gasteiger partial charge in [0, 0.05) is 19.5 Å². The molecule has 0 saturated heterocycles. The predicted molar refractivity (Wildman–Crippen MR) is 84.6 cm³/mol. The van der Waals surface area contributed by atoms with Gasteiger partial charge >= 0.3 is 5.97 Å². The highest BCUT2D eigenvalue weighted by atomic mass is 16.4. The Bertz CT molecular complexity index is 211. The Morgan fingerprint density at radius 1 is 0.900 bits per heavy atom. The van der Waals surface area contributed by atoms with Gasteiger partial charge in [0.1, 0.15) is 0 Å². The molecule has 0 rings (SSSR count). The lowest BCUT2D eigenvalue weighted by Gasteiger charge is -2.03. The molecule has 0 atom stereocenters. The molecule has 0 spiro atoms. The molecule has 20 heavy (non-hydrogen) atoms. The smallest absolute Gasteiger partial charge is 0.303 e. The molecule has 0 saturated carbocycles. The van der Waals surface area contributed by atoms with E-state index in [0.29, 0.717) is 6.42 Å². The van der Waals surface area contributed by atoms with Gasteiger partial charge in [-0.1, -0.05) is 44.9 Å². The van der Waals surface area contributed by atoms with Crippen LogP contribution in [0.2, 0.25) is 0 Å². The Morgan fingerprint density at radius 2 is 1.50 bits per heavy atom. The first-order valence-electron chi connectivity index (χ1n) is 8.21. The van der Waals surface area contributed by atoms with Crippen LogP contribution in [0.5, 0.6) is 0 Å². The van der Waals surface area contributed by atoms with Crippen LogP contribution in [-0.2, 0) is 4.79 Å². The van der Waals surface area contributed by atoms with Crippen molar-refractivity contribution in [2.75, 3.05) is 19.6 Å². The molecule has 0 aliphatic heterocycles. The summed E-state index contributed by atoms with van der Waals surface area (Å²) in [5.74, 6) is -0.668. The van der Waals surface area contributed by atoms with E-state index in [-0.39, 0.29) is 0 Å². The maximum atomic E-state index is 10.3. The minimum Gasteiger partial charge on any atom is -0.481 e. The zero-order valence-corrected chi connectivity index (χ0v) is 12.9. The largest absolute Gasteiger partial charge is 0.481 e. The van der Waals surface area contributed by atoms with Gasteiger partial charge < -0.3 is 16.2 Å². The molecular formula is C16H33N2O2. The molecule has 0 bridgehead atoms. The fourth-order valence-electron chi connectivity index (χ4n) is 2.19. The van der Waals surface area contributed by atoms with Gasteiger partial charge in [0.05, 0.1) is 0 Å². The molecule has 0 unspecified atom stereocenters. The van der Waals surface area contributed by atoms with Crippen molar-refractivity contribution in [3.05, 3.63) is 6.42 Å². The van der Waals surface area contributed by atoms with Gasteiger partial charge in [-0.15, -0.1) is 0 Å². The number of carbonyl (C=O) groups is 1. The van der Waals surface area contributed by atoms with Gasteiger partial charge in [0.2, 0.25) is 0 Å². The summed E-state index contributed by atoms with van der Waals surface area (Å²) in [6.45, 7) is 2.72. The van der Waals surface area contributed by atoms with E-state index in [2.05, 4.69) is 11.7 Å². The fourth-order valence-corrected chi connectivity index (χ4v) is 2.19. The van der Waals surface area contributed by atoms with Gasteiger partial charge in [-0.25, -0.2) is 0 Å². The Hall–Kier alpha value is -0.610. The SMILES string of the molecule is NCCNCCC[CH]CCCCCCCCCC(=O)O. The number of hydrogen-bond donors (Lipinski definition) is 3. The van der Waals surface area contributed by atoms with Crippen LogP contribution in [0.4, 0.5) is 0 Å². The zero-order chi connectivity index (χ0) is 14.9. The molecule has 0 fully saturated rings. The van der Waals surface area contributed by atoms with Crippen LogP contribution in [0, 0.1) is 6.42 Å². The van der Waals surface area contributed by atoms with Gasteiger partial charge in [0.25, 0.3) is 0 Å². The molecule has 0 aliphatic rings. The molecule has 4 N–H and O–H groups in total. The van der Waals surface area contributed by atoms with Crippen LogP contribution in [0.1, 0.15) is 70.6 Å². The van der Waals surface area contributed by atoms with Crippen molar-refractivity contribution < 1.29 is 9.90 Å².